The van der Waals surface area contributed by atoms with E-state index in [0.717, 1.165) is 31.1 Å². The van der Waals surface area contributed by atoms with E-state index in [1.165, 1.54) is 0 Å². The second-order valence-corrected chi connectivity index (χ2v) is 4.49. The topological polar surface area (TPSA) is 29.1 Å². The highest BCUT2D eigenvalue weighted by molar-refractivity contribution is 9.10. The number of halogens is 2. The van der Waals surface area contributed by atoms with E-state index >= 15 is 0 Å². The highest BCUT2D eigenvalue weighted by Crippen LogP contribution is 2.06. The molecule has 0 aromatic carbocycles. The van der Waals surface area contributed by atoms with E-state index in [-0.39, 0.29) is 10.7 Å². The Hall–Kier alpha value is 0.430. The molecule has 0 aromatic rings. The van der Waals surface area contributed by atoms with E-state index < -0.39 is 0 Å². The molecule has 0 aromatic heterocycles. The maximum absolute atomic E-state index is 11.2. The number of nitrogens with one attached hydrogen (secondary N) is 1. The van der Waals surface area contributed by atoms with Gasteiger partial charge in [-0.1, -0.05) is 45.2 Å². The zero-order valence-corrected chi connectivity index (χ0v) is 10.4. The average molecular weight is 301 g/mol. The van der Waals surface area contributed by atoms with Crippen molar-refractivity contribution in [1.29, 1.82) is 0 Å². The van der Waals surface area contributed by atoms with Crippen molar-refractivity contribution >= 4 is 37.8 Å². The summed E-state index contributed by atoms with van der Waals surface area (Å²) in [6, 6.07) is 0. The second-order valence-electron chi connectivity index (χ2n) is 2.59. The normalized spacial score (nSPS) is 12.6. The number of carbonyl (C=O) groups excluding carboxylic acids is 1. The lowest BCUT2D eigenvalue weighted by Crippen LogP contribution is -2.31. The minimum absolute atomic E-state index is 0.0475. The Balaban J connectivity index is 3.43. The van der Waals surface area contributed by atoms with Crippen LogP contribution >= 0.6 is 31.9 Å². The van der Waals surface area contributed by atoms with Crippen molar-refractivity contribution in [3.8, 4) is 0 Å². The fourth-order valence-corrected chi connectivity index (χ4v) is 2.19. The minimum atomic E-state index is -0.0475. The first-order valence-electron chi connectivity index (χ1n) is 4.20. The minimum Gasteiger partial charge on any atom is -0.355 e. The molecule has 0 aliphatic rings. The number of unbranched alkanes of at least 4 members (excludes halogenated alkanes) is 1. The number of alkyl halides is 2. The summed E-state index contributed by atoms with van der Waals surface area (Å²) in [5, 5.41) is 3.71. The summed E-state index contributed by atoms with van der Waals surface area (Å²) in [6.45, 7) is 2.90. The van der Waals surface area contributed by atoms with Crippen molar-refractivity contribution in [2.75, 3.05) is 11.9 Å². The van der Waals surface area contributed by atoms with Gasteiger partial charge in [-0.3, -0.25) is 4.79 Å². The third-order valence-corrected chi connectivity index (χ3v) is 2.81. The standard InChI is InChI=1S/C8H15Br2NO/c1-2-3-6-11-8(12)7(10)4-5-9/h7H,2-6H2,1H3,(H,11,12). The summed E-state index contributed by atoms with van der Waals surface area (Å²) in [5.41, 5.74) is 0. The molecule has 0 bridgehead atoms. The molecule has 1 amide bonds. The molecule has 1 unspecified atom stereocenters. The molecule has 72 valence electrons. The van der Waals surface area contributed by atoms with Gasteiger partial charge < -0.3 is 5.32 Å². The van der Waals surface area contributed by atoms with Crippen molar-refractivity contribution in [2.45, 2.75) is 31.0 Å². The van der Waals surface area contributed by atoms with Crippen LogP contribution in [0.25, 0.3) is 0 Å². The van der Waals surface area contributed by atoms with Crippen LogP contribution in [0.1, 0.15) is 26.2 Å². The van der Waals surface area contributed by atoms with Crippen LogP contribution in [0.2, 0.25) is 0 Å². The van der Waals surface area contributed by atoms with Crippen molar-refractivity contribution in [3.63, 3.8) is 0 Å². The highest BCUT2D eigenvalue weighted by atomic mass is 79.9. The molecule has 0 aliphatic carbocycles. The number of hydrogen-bond donors (Lipinski definition) is 1. The number of rotatable bonds is 6. The van der Waals surface area contributed by atoms with E-state index in [9.17, 15) is 4.79 Å². The van der Waals surface area contributed by atoms with Gasteiger partial charge in [-0.25, -0.2) is 0 Å². The van der Waals surface area contributed by atoms with E-state index in [1.54, 1.807) is 0 Å². The molecule has 0 saturated carbocycles. The molecule has 0 rings (SSSR count). The zero-order valence-electron chi connectivity index (χ0n) is 7.28. The molecule has 0 fully saturated rings. The van der Waals surface area contributed by atoms with Gasteiger partial charge in [0.05, 0.1) is 4.83 Å². The van der Waals surface area contributed by atoms with Crippen molar-refractivity contribution in [2.24, 2.45) is 0 Å². The van der Waals surface area contributed by atoms with Gasteiger partial charge in [0.2, 0.25) is 5.91 Å². The quantitative estimate of drug-likeness (QED) is 0.592. The molecule has 0 spiro atoms. The SMILES string of the molecule is CCCCNC(=O)C(Br)CCBr. The van der Waals surface area contributed by atoms with E-state index in [4.69, 9.17) is 0 Å². The molecule has 0 saturated heterocycles. The van der Waals surface area contributed by atoms with Crippen LogP contribution in [0, 0.1) is 0 Å². The monoisotopic (exact) mass is 299 g/mol. The van der Waals surface area contributed by atoms with Crippen LogP contribution in [-0.2, 0) is 4.79 Å². The summed E-state index contributed by atoms with van der Waals surface area (Å²) in [6.07, 6.45) is 3.00. The number of hydrogen-bond acceptors (Lipinski definition) is 1. The maximum Gasteiger partial charge on any atom is 0.233 e. The summed E-state index contributed by atoms with van der Waals surface area (Å²) < 4.78 is 0. The van der Waals surface area contributed by atoms with Gasteiger partial charge in [-0.05, 0) is 12.8 Å². The summed E-state index contributed by atoms with van der Waals surface area (Å²) in [7, 11) is 0. The van der Waals surface area contributed by atoms with Crippen molar-refractivity contribution < 1.29 is 4.79 Å². The molecular formula is C8H15Br2NO. The van der Waals surface area contributed by atoms with Crippen LogP contribution in [0.5, 0.6) is 0 Å². The predicted octanol–water partition coefficient (Wildman–Crippen LogP) is 2.45. The summed E-state index contributed by atoms with van der Waals surface area (Å²) >= 11 is 6.60. The van der Waals surface area contributed by atoms with Gasteiger partial charge in [0.15, 0.2) is 0 Å². The predicted molar refractivity (Wildman–Crippen MR) is 59.0 cm³/mol. The Bertz CT molecular complexity index is 130. The lowest BCUT2D eigenvalue weighted by atomic mass is 10.3. The maximum atomic E-state index is 11.2. The Morgan fingerprint density at radius 2 is 2.25 bits per heavy atom. The molecule has 4 heteroatoms. The van der Waals surface area contributed by atoms with Gasteiger partial charge in [-0.15, -0.1) is 0 Å². The summed E-state index contributed by atoms with van der Waals surface area (Å²) in [4.78, 5) is 11.2. The highest BCUT2D eigenvalue weighted by Gasteiger charge is 2.12. The molecule has 1 atom stereocenters. The lowest BCUT2D eigenvalue weighted by molar-refractivity contribution is -0.120. The lowest BCUT2D eigenvalue weighted by Gasteiger charge is -2.08. The molecule has 1 N–H and O–H groups in total. The third-order valence-electron chi connectivity index (χ3n) is 1.48. The van der Waals surface area contributed by atoms with E-state index in [1.807, 2.05) is 0 Å². The van der Waals surface area contributed by atoms with E-state index in [0.29, 0.717) is 0 Å². The Labute approximate surface area is 90.7 Å². The first-order valence-corrected chi connectivity index (χ1v) is 6.23. The van der Waals surface area contributed by atoms with Crippen molar-refractivity contribution in [1.82, 2.24) is 5.32 Å². The largest absolute Gasteiger partial charge is 0.355 e. The van der Waals surface area contributed by atoms with E-state index in [2.05, 4.69) is 44.1 Å². The van der Waals surface area contributed by atoms with Crippen molar-refractivity contribution in [3.05, 3.63) is 0 Å². The summed E-state index contributed by atoms with van der Waals surface area (Å²) in [5.74, 6) is 0.0999. The number of amides is 1. The molecular weight excluding hydrogens is 286 g/mol. The van der Waals surface area contributed by atoms with Gasteiger partial charge >= 0.3 is 0 Å². The molecule has 12 heavy (non-hydrogen) atoms. The average Bonchev–Trinajstić information content (AvgIpc) is 2.05. The smallest absolute Gasteiger partial charge is 0.233 e. The molecule has 0 aliphatic heterocycles. The van der Waals surface area contributed by atoms with Gasteiger partial charge in [0.1, 0.15) is 0 Å². The van der Waals surface area contributed by atoms with Gasteiger partial charge in [0.25, 0.3) is 0 Å². The fraction of sp³-hybridized carbons (Fsp3) is 0.875. The van der Waals surface area contributed by atoms with Crippen LogP contribution in [0.4, 0.5) is 0 Å². The number of carbonyl (C=O) groups is 1. The van der Waals surface area contributed by atoms with Crippen LogP contribution in [0.3, 0.4) is 0 Å². The second kappa shape index (κ2) is 8.05. The molecule has 0 heterocycles. The fourth-order valence-electron chi connectivity index (χ4n) is 0.726. The van der Waals surface area contributed by atoms with Crippen LogP contribution in [-0.4, -0.2) is 22.6 Å². The van der Waals surface area contributed by atoms with Crippen LogP contribution < -0.4 is 5.32 Å². The molecule has 0 radical (unpaired) electrons. The molecule has 2 nitrogen and oxygen atoms in total. The van der Waals surface area contributed by atoms with Gasteiger partial charge in [0, 0.05) is 11.9 Å². The Kier molecular flexibility index (Phi) is 8.34. The Morgan fingerprint density at radius 3 is 2.75 bits per heavy atom. The Morgan fingerprint density at radius 1 is 1.58 bits per heavy atom. The first kappa shape index (κ1) is 12.4. The zero-order chi connectivity index (χ0) is 9.40. The van der Waals surface area contributed by atoms with Gasteiger partial charge in [-0.2, -0.15) is 0 Å². The van der Waals surface area contributed by atoms with Crippen LogP contribution in [0.15, 0.2) is 0 Å². The third kappa shape index (κ3) is 6.00. The first-order chi connectivity index (χ1) is 5.72.